The van der Waals surface area contributed by atoms with Crippen molar-refractivity contribution >= 4 is 11.9 Å². The monoisotopic (exact) mass is 232 g/mol. The molecule has 6 nitrogen and oxygen atoms in total. The van der Waals surface area contributed by atoms with Crippen molar-refractivity contribution in [3.63, 3.8) is 0 Å². The van der Waals surface area contributed by atoms with E-state index in [1.807, 2.05) is 0 Å². The molecule has 6 heteroatoms. The summed E-state index contributed by atoms with van der Waals surface area (Å²) in [7, 11) is 0. The first kappa shape index (κ1) is 16.8. The van der Waals surface area contributed by atoms with E-state index in [2.05, 4.69) is 22.6 Å². The molecule has 16 heavy (non-hydrogen) atoms. The highest BCUT2D eigenvalue weighted by atomic mass is 16.5. The molecule has 0 aromatic heterocycles. The summed E-state index contributed by atoms with van der Waals surface area (Å²) >= 11 is 0. The maximum absolute atomic E-state index is 10.1. The SMILES string of the molecule is C=CCOC(=O)CO.C=CCOC(=O)CO. The van der Waals surface area contributed by atoms with Gasteiger partial charge in [0.2, 0.25) is 0 Å². The number of carbonyl (C=O) groups excluding carboxylic acids is 2. The summed E-state index contributed by atoms with van der Waals surface area (Å²) in [5.41, 5.74) is 0. The van der Waals surface area contributed by atoms with Crippen LogP contribution in [0.25, 0.3) is 0 Å². The molecule has 0 spiro atoms. The molecule has 0 aromatic carbocycles. The molecule has 0 heterocycles. The van der Waals surface area contributed by atoms with Crippen molar-refractivity contribution in [3.05, 3.63) is 25.3 Å². The number of rotatable bonds is 6. The van der Waals surface area contributed by atoms with E-state index >= 15 is 0 Å². The van der Waals surface area contributed by atoms with E-state index < -0.39 is 25.2 Å². The molecule has 0 radical (unpaired) electrons. The lowest BCUT2D eigenvalue weighted by molar-refractivity contribution is -0.146. The largest absolute Gasteiger partial charge is 0.460 e. The van der Waals surface area contributed by atoms with Gasteiger partial charge in [-0.2, -0.15) is 0 Å². The van der Waals surface area contributed by atoms with Crippen LogP contribution in [0, 0.1) is 0 Å². The molecule has 2 N–H and O–H groups in total. The maximum Gasteiger partial charge on any atom is 0.332 e. The predicted molar refractivity (Wildman–Crippen MR) is 56.5 cm³/mol. The summed E-state index contributed by atoms with van der Waals surface area (Å²) < 4.78 is 8.67. The number of hydrogen-bond donors (Lipinski definition) is 2. The van der Waals surface area contributed by atoms with Gasteiger partial charge < -0.3 is 19.7 Å². The number of esters is 2. The summed E-state index contributed by atoms with van der Waals surface area (Å²) in [6, 6.07) is 0. The fraction of sp³-hybridized carbons (Fsp3) is 0.400. The van der Waals surface area contributed by atoms with Crippen molar-refractivity contribution in [2.24, 2.45) is 0 Å². The lowest BCUT2D eigenvalue weighted by Gasteiger charge is -1.94. The van der Waals surface area contributed by atoms with E-state index in [9.17, 15) is 9.59 Å². The molecule has 0 saturated heterocycles. The molecule has 0 aliphatic heterocycles. The van der Waals surface area contributed by atoms with Gasteiger partial charge in [0, 0.05) is 0 Å². The average Bonchev–Trinajstić information content (AvgIpc) is 2.33. The van der Waals surface area contributed by atoms with Gasteiger partial charge in [0.1, 0.15) is 26.4 Å². The van der Waals surface area contributed by atoms with Crippen LogP contribution in [0.3, 0.4) is 0 Å². The van der Waals surface area contributed by atoms with E-state index in [-0.39, 0.29) is 13.2 Å². The maximum atomic E-state index is 10.1. The topological polar surface area (TPSA) is 93.1 Å². The van der Waals surface area contributed by atoms with Crippen LogP contribution in [0.4, 0.5) is 0 Å². The van der Waals surface area contributed by atoms with E-state index in [0.29, 0.717) is 0 Å². The van der Waals surface area contributed by atoms with Gasteiger partial charge in [-0.1, -0.05) is 25.3 Å². The molecule has 0 unspecified atom stereocenters. The fourth-order valence-corrected chi connectivity index (χ4v) is 0.395. The first-order valence-electron chi connectivity index (χ1n) is 4.37. The standard InChI is InChI=1S/2C5H8O3/c2*1-2-3-8-5(7)4-6/h2*2,6H,1,3-4H2. The highest BCUT2D eigenvalue weighted by Gasteiger charge is 1.94. The first-order chi connectivity index (χ1) is 7.62. The average molecular weight is 232 g/mol. The van der Waals surface area contributed by atoms with E-state index in [4.69, 9.17) is 10.2 Å². The van der Waals surface area contributed by atoms with Crippen LogP contribution < -0.4 is 0 Å². The van der Waals surface area contributed by atoms with Crippen molar-refractivity contribution in [2.45, 2.75) is 0 Å². The Hall–Kier alpha value is -1.66. The Bertz CT molecular complexity index is 199. The Labute approximate surface area is 93.8 Å². The summed E-state index contributed by atoms with van der Waals surface area (Å²) in [5.74, 6) is -1.24. The second kappa shape index (κ2) is 13.3. The van der Waals surface area contributed by atoms with Gasteiger partial charge in [-0.05, 0) is 0 Å². The zero-order valence-electron chi connectivity index (χ0n) is 8.92. The summed E-state index contributed by atoms with van der Waals surface area (Å²) in [4.78, 5) is 20.1. The third-order valence-electron chi connectivity index (χ3n) is 0.983. The molecule has 0 aliphatic carbocycles. The molecule has 0 fully saturated rings. The molecule has 0 saturated carbocycles. The van der Waals surface area contributed by atoms with Crippen molar-refractivity contribution in [3.8, 4) is 0 Å². The van der Waals surface area contributed by atoms with Gasteiger partial charge in [0.15, 0.2) is 0 Å². The molecule has 0 bridgehead atoms. The number of aliphatic hydroxyl groups is 2. The number of carbonyl (C=O) groups is 2. The Morgan fingerprint density at radius 2 is 1.25 bits per heavy atom. The number of aliphatic hydroxyl groups excluding tert-OH is 2. The first-order valence-corrected chi connectivity index (χ1v) is 4.37. The second-order valence-electron chi connectivity index (χ2n) is 2.26. The minimum atomic E-state index is -0.620. The third-order valence-corrected chi connectivity index (χ3v) is 0.983. The smallest absolute Gasteiger partial charge is 0.332 e. The third kappa shape index (κ3) is 14.8. The molecular weight excluding hydrogens is 216 g/mol. The Morgan fingerprint density at radius 1 is 0.938 bits per heavy atom. The number of hydrogen-bond acceptors (Lipinski definition) is 6. The number of ether oxygens (including phenoxy) is 2. The second-order valence-corrected chi connectivity index (χ2v) is 2.26. The Kier molecular flexibility index (Phi) is 14.0. The molecule has 92 valence electrons. The molecule has 0 atom stereocenters. The van der Waals surface area contributed by atoms with Crippen LogP contribution in [0.1, 0.15) is 0 Å². The lowest BCUT2D eigenvalue weighted by atomic mass is 10.7. The molecule has 0 rings (SSSR count). The highest BCUT2D eigenvalue weighted by Crippen LogP contribution is 1.75. The summed E-state index contributed by atoms with van der Waals surface area (Å²) in [5, 5.41) is 16.1. The highest BCUT2D eigenvalue weighted by molar-refractivity contribution is 5.70. The van der Waals surface area contributed by atoms with Crippen LogP contribution in [-0.4, -0.2) is 48.6 Å². The predicted octanol–water partition coefficient (Wildman–Crippen LogP) is -0.584. The van der Waals surface area contributed by atoms with E-state index in [0.717, 1.165) is 0 Å². The van der Waals surface area contributed by atoms with E-state index in [1.54, 1.807) is 0 Å². The van der Waals surface area contributed by atoms with E-state index in [1.165, 1.54) is 12.2 Å². The minimum Gasteiger partial charge on any atom is -0.460 e. The minimum absolute atomic E-state index is 0.166. The van der Waals surface area contributed by atoms with Gasteiger partial charge >= 0.3 is 11.9 Å². The quantitative estimate of drug-likeness (QED) is 0.470. The molecular formula is C10H16O6. The van der Waals surface area contributed by atoms with Gasteiger partial charge in [0.05, 0.1) is 0 Å². The van der Waals surface area contributed by atoms with Gasteiger partial charge in [-0.25, -0.2) is 9.59 Å². The van der Waals surface area contributed by atoms with Crippen molar-refractivity contribution < 1.29 is 29.3 Å². The van der Waals surface area contributed by atoms with Crippen LogP contribution in [0.15, 0.2) is 25.3 Å². The molecule has 0 aliphatic rings. The van der Waals surface area contributed by atoms with Crippen LogP contribution in [0.5, 0.6) is 0 Å². The zero-order chi connectivity index (χ0) is 12.8. The summed E-state index contributed by atoms with van der Waals surface area (Å²) in [6.07, 6.45) is 2.88. The van der Waals surface area contributed by atoms with Gasteiger partial charge in [0.25, 0.3) is 0 Å². The molecule has 0 aromatic rings. The van der Waals surface area contributed by atoms with Gasteiger partial charge in [-0.3, -0.25) is 0 Å². The molecule has 0 amide bonds. The summed E-state index contributed by atoms with van der Waals surface area (Å²) in [6.45, 7) is 5.82. The Morgan fingerprint density at radius 3 is 1.44 bits per heavy atom. The van der Waals surface area contributed by atoms with Crippen molar-refractivity contribution in [2.75, 3.05) is 26.4 Å². The Balaban J connectivity index is 0. The zero-order valence-corrected chi connectivity index (χ0v) is 8.92. The van der Waals surface area contributed by atoms with Crippen molar-refractivity contribution in [1.82, 2.24) is 0 Å². The lowest BCUT2D eigenvalue weighted by Crippen LogP contribution is -2.08. The van der Waals surface area contributed by atoms with Crippen LogP contribution in [0.2, 0.25) is 0 Å². The van der Waals surface area contributed by atoms with Crippen molar-refractivity contribution in [1.29, 1.82) is 0 Å². The van der Waals surface area contributed by atoms with Crippen LogP contribution in [-0.2, 0) is 19.1 Å². The fourth-order valence-electron chi connectivity index (χ4n) is 0.395. The van der Waals surface area contributed by atoms with Crippen LogP contribution >= 0.6 is 0 Å². The normalized spacial score (nSPS) is 8.12. The van der Waals surface area contributed by atoms with Gasteiger partial charge in [-0.15, -0.1) is 0 Å².